The minimum absolute atomic E-state index is 0.0301. The zero-order valence-electron chi connectivity index (χ0n) is 11.4. The molecule has 1 saturated heterocycles. The number of likely N-dealkylation sites (N-methyl/N-ethyl adjacent to an activating group) is 1. The van der Waals surface area contributed by atoms with Gasteiger partial charge in [-0.1, -0.05) is 6.08 Å². The Morgan fingerprint density at radius 2 is 2.24 bits per heavy atom. The van der Waals surface area contributed by atoms with E-state index < -0.39 is 0 Å². The molecule has 1 fully saturated rings. The van der Waals surface area contributed by atoms with Crippen molar-refractivity contribution in [2.45, 2.75) is 32.4 Å². The highest BCUT2D eigenvalue weighted by molar-refractivity contribution is 5.87. The number of nitrogens with one attached hydrogen (secondary N) is 1. The van der Waals surface area contributed by atoms with Crippen LogP contribution in [0.4, 0.5) is 0 Å². The predicted octanol–water partition coefficient (Wildman–Crippen LogP) is 0.703. The summed E-state index contributed by atoms with van der Waals surface area (Å²) in [5, 5.41) is 3.05. The number of carbonyl (C=O) groups excluding carboxylic acids is 1. The highest BCUT2D eigenvalue weighted by atomic mass is 16.1. The van der Waals surface area contributed by atoms with Crippen LogP contribution in [0.3, 0.4) is 0 Å². The van der Waals surface area contributed by atoms with Crippen LogP contribution in [-0.4, -0.2) is 61.5 Å². The Kier molecular flexibility index (Phi) is 5.65. The molecule has 1 N–H and O–H groups in total. The fourth-order valence-electron chi connectivity index (χ4n) is 1.99. The average molecular weight is 239 g/mol. The topological polar surface area (TPSA) is 35.6 Å². The minimum atomic E-state index is 0.0301. The standard InChI is InChI=1S/C13H25N3O/c1-11(2)16-9-7-12(10-16)14-13(17)6-5-8-15(3)4/h5-6,11-12H,7-10H2,1-4H3,(H,14,17)/b6-5+/t12-/m1/s1. The second kappa shape index (κ2) is 6.77. The summed E-state index contributed by atoms with van der Waals surface area (Å²) in [6.07, 6.45) is 4.59. The molecule has 1 heterocycles. The van der Waals surface area contributed by atoms with E-state index >= 15 is 0 Å². The molecule has 0 unspecified atom stereocenters. The van der Waals surface area contributed by atoms with Gasteiger partial charge in [-0.15, -0.1) is 0 Å². The molecule has 0 aromatic heterocycles. The van der Waals surface area contributed by atoms with Crippen molar-refractivity contribution < 1.29 is 4.79 Å². The van der Waals surface area contributed by atoms with Gasteiger partial charge in [0.05, 0.1) is 0 Å². The Bertz CT molecular complexity index is 274. The summed E-state index contributed by atoms with van der Waals surface area (Å²) in [6, 6.07) is 0.884. The number of carbonyl (C=O) groups is 1. The first-order valence-corrected chi connectivity index (χ1v) is 6.35. The molecule has 1 rings (SSSR count). The van der Waals surface area contributed by atoms with E-state index in [4.69, 9.17) is 0 Å². The number of hydrogen-bond donors (Lipinski definition) is 1. The van der Waals surface area contributed by atoms with E-state index in [1.54, 1.807) is 6.08 Å². The van der Waals surface area contributed by atoms with Gasteiger partial charge in [-0.25, -0.2) is 0 Å². The molecular formula is C13H25N3O. The summed E-state index contributed by atoms with van der Waals surface area (Å²) in [4.78, 5) is 16.0. The maximum atomic E-state index is 11.6. The van der Waals surface area contributed by atoms with E-state index in [-0.39, 0.29) is 5.91 Å². The van der Waals surface area contributed by atoms with Crippen molar-refractivity contribution in [1.82, 2.24) is 15.1 Å². The Morgan fingerprint density at radius 3 is 2.76 bits per heavy atom. The smallest absolute Gasteiger partial charge is 0.243 e. The van der Waals surface area contributed by atoms with Gasteiger partial charge in [0.25, 0.3) is 0 Å². The maximum absolute atomic E-state index is 11.6. The molecule has 0 aliphatic carbocycles. The molecule has 1 aliphatic heterocycles. The Hall–Kier alpha value is -0.870. The normalized spacial score (nSPS) is 21.9. The van der Waals surface area contributed by atoms with E-state index in [2.05, 4.69) is 24.1 Å². The van der Waals surface area contributed by atoms with Gasteiger partial charge in [0.2, 0.25) is 5.91 Å². The lowest BCUT2D eigenvalue weighted by atomic mass is 10.2. The van der Waals surface area contributed by atoms with Crippen molar-refractivity contribution in [3.63, 3.8) is 0 Å². The van der Waals surface area contributed by atoms with Crippen LogP contribution in [0, 0.1) is 0 Å². The molecule has 0 aromatic carbocycles. The van der Waals surface area contributed by atoms with Gasteiger partial charge in [-0.3, -0.25) is 9.69 Å². The molecule has 1 amide bonds. The van der Waals surface area contributed by atoms with Crippen LogP contribution >= 0.6 is 0 Å². The summed E-state index contributed by atoms with van der Waals surface area (Å²) in [5.74, 6) is 0.0301. The average Bonchev–Trinajstić information content (AvgIpc) is 2.65. The van der Waals surface area contributed by atoms with Crippen molar-refractivity contribution in [2.24, 2.45) is 0 Å². The largest absolute Gasteiger partial charge is 0.348 e. The van der Waals surface area contributed by atoms with Gasteiger partial charge in [0, 0.05) is 37.8 Å². The molecule has 0 saturated carbocycles. The van der Waals surface area contributed by atoms with E-state index in [1.165, 1.54) is 0 Å². The van der Waals surface area contributed by atoms with Crippen LogP contribution in [0.15, 0.2) is 12.2 Å². The highest BCUT2D eigenvalue weighted by Gasteiger charge is 2.24. The molecule has 0 radical (unpaired) electrons. The first kappa shape index (κ1) is 14.2. The van der Waals surface area contributed by atoms with E-state index in [0.717, 1.165) is 26.1 Å². The second-order valence-corrected chi connectivity index (χ2v) is 5.25. The Balaban J connectivity index is 2.26. The predicted molar refractivity (Wildman–Crippen MR) is 71.0 cm³/mol. The maximum Gasteiger partial charge on any atom is 0.243 e. The third-order valence-corrected chi connectivity index (χ3v) is 3.04. The lowest BCUT2D eigenvalue weighted by Gasteiger charge is -2.20. The summed E-state index contributed by atoms with van der Waals surface area (Å²) >= 11 is 0. The summed E-state index contributed by atoms with van der Waals surface area (Å²) in [5.41, 5.74) is 0. The van der Waals surface area contributed by atoms with Gasteiger partial charge in [0.15, 0.2) is 0 Å². The number of hydrogen-bond acceptors (Lipinski definition) is 3. The third-order valence-electron chi connectivity index (χ3n) is 3.04. The summed E-state index contributed by atoms with van der Waals surface area (Å²) in [7, 11) is 3.97. The number of rotatable bonds is 5. The quantitative estimate of drug-likeness (QED) is 0.718. The van der Waals surface area contributed by atoms with Gasteiger partial charge in [-0.05, 0) is 34.4 Å². The van der Waals surface area contributed by atoms with Crippen LogP contribution < -0.4 is 5.32 Å². The van der Waals surface area contributed by atoms with Crippen molar-refractivity contribution in [3.8, 4) is 0 Å². The van der Waals surface area contributed by atoms with Gasteiger partial charge in [0.1, 0.15) is 0 Å². The van der Waals surface area contributed by atoms with Crippen molar-refractivity contribution in [2.75, 3.05) is 33.7 Å². The lowest BCUT2D eigenvalue weighted by Crippen LogP contribution is -2.37. The van der Waals surface area contributed by atoms with Crippen LogP contribution in [0.25, 0.3) is 0 Å². The zero-order chi connectivity index (χ0) is 12.8. The first-order chi connectivity index (χ1) is 7.99. The first-order valence-electron chi connectivity index (χ1n) is 6.35. The summed E-state index contributed by atoms with van der Waals surface area (Å²) in [6.45, 7) is 7.26. The molecule has 0 spiro atoms. The van der Waals surface area contributed by atoms with Crippen molar-refractivity contribution >= 4 is 5.91 Å². The lowest BCUT2D eigenvalue weighted by molar-refractivity contribution is -0.117. The fourth-order valence-corrected chi connectivity index (χ4v) is 1.99. The highest BCUT2D eigenvalue weighted by Crippen LogP contribution is 2.12. The SMILES string of the molecule is CC(C)N1CC[C@@H](NC(=O)/C=C/CN(C)C)C1. The second-order valence-electron chi connectivity index (χ2n) is 5.25. The van der Waals surface area contributed by atoms with Crippen molar-refractivity contribution in [1.29, 1.82) is 0 Å². The Morgan fingerprint density at radius 1 is 1.53 bits per heavy atom. The molecule has 98 valence electrons. The minimum Gasteiger partial charge on any atom is -0.348 e. The van der Waals surface area contributed by atoms with Gasteiger partial charge < -0.3 is 10.2 Å². The monoisotopic (exact) mass is 239 g/mol. The molecule has 1 aliphatic rings. The van der Waals surface area contributed by atoms with Crippen molar-refractivity contribution in [3.05, 3.63) is 12.2 Å². The number of amides is 1. The summed E-state index contributed by atoms with van der Waals surface area (Å²) < 4.78 is 0. The van der Waals surface area contributed by atoms with E-state index in [9.17, 15) is 4.79 Å². The van der Waals surface area contributed by atoms with Gasteiger partial charge >= 0.3 is 0 Å². The Labute approximate surface area is 105 Å². The van der Waals surface area contributed by atoms with Gasteiger partial charge in [-0.2, -0.15) is 0 Å². The van der Waals surface area contributed by atoms with Crippen LogP contribution in [0.1, 0.15) is 20.3 Å². The van der Waals surface area contributed by atoms with Crippen LogP contribution in [0.5, 0.6) is 0 Å². The van der Waals surface area contributed by atoms with E-state index in [1.807, 2.05) is 25.1 Å². The van der Waals surface area contributed by atoms with E-state index in [0.29, 0.717) is 12.1 Å². The molecule has 1 atom stereocenters. The molecule has 17 heavy (non-hydrogen) atoms. The molecule has 4 nitrogen and oxygen atoms in total. The molecule has 4 heteroatoms. The fraction of sp³-hybridized carbons (Fsp3) is 0.769. The molecule has 0 bridgehead atoms. The molecule has 0 aromatic rings. The van der Waals surface area contributed by atoms with Crippen LogP contribution in [-0.2, 0) is 4.79 Å². The van der Waals surface area contributed by atoms with Crippen LogP contribution in [0.2, 0.25) is 0 Å². The molecular weight excluding hydrogens is 214 g/mol. The number of nitrogens with zero attached hydrogens (tertiary/aromatic N) is 2. The number of likely N-dealkylation sites (tertiary alicyclic amines) is 1. The third kappa shape index (κ3) is 5.33. The zero-order valence-corrected chi connectivity index (χ0v) is 11.4.